The van der Waals surface area contributed by atoms with Crippen LogP contribution in [0.15, 0.2) is 12.2 Å². The van der Waals surface area contributed by atoms with Gasteiger partial charge in [-0.2, -0.15) is 0 Å². The number of ether oxygens (including phenoxy) is 1. The van der Waals surface area contributed by atoms with Gasteiger partial charge in [-0.15, -0.1) is 0 Å². The van der Waals surface area contributed by atoms with Crippen LogP contribution in [0, 0.1) is 5.92 Å². The lowest BCUT2D eigenvalue weighted by molar-refractivity contribution is -0.137. The molecule has 0 saturated carbocycles. The van der Waals surface area contributed by atoms with Crippen LogP contribution in [-0.4, -0.2) is 12.6 Å². The smallest absolute Gasteiger partial charge is 0.330 e. The molecule has 12 heavy (non-hydrogen) atoms. The third kappa shape index (κ3) is 5.96. The standard InChI is InChI=1S/C10H18O2/c1-4-9(3)7-6-8-10(11)12-5-2/h6,8-9H,4-5,7H2,1-3H3. The Labute approximate surface area is 74.6 Å². The summed E-state index contributed by atoms with van der Waals surface area (Å²) in [6.45, 7) is 6.56. The van der Waals surface area contributed by atoms with E-state index >= 15 is 0 Å². The maximum Gasteiger partial charge on any atom is 0.330 e. The van der Waals surface area contributed by atoms with Crippen LogP contribution in [0.2, 0.25) is 0 Å². The monoisotopic (exact) mass is 170 g/mol. The molecule has 0 heterocycles. The molecule has 0 rings (SSSR count). The number of rotatable bonds is 5. The van der Waals surface area contributed by atoms with Gasteiger partial charge in [-0.1, -0.05) is 26.3 Å². The van der Waals surface area contributed by atoms with Crippen LogP contribution in [0.1, 0.15) is 33.6 Å². The van der Waals surface area contributed by atoms with Gasteiger partial charge in [0, 0.05) is 6.08 Å². The number of allylic oxidation sites excluding steroid dienone is 1. The predicted molar refractivity (Wildman–Crippen MR) is 49.8 cm³/mol. The molecule has 0 aromatic rings. The summed E-state index contributed by atoms with van der Waals surface area (Å²) in [4.78, 5) is 10.8. The summed E-state index contributed by atoms with van der Waals surface area (Å²) in [5.74, 6) is 0.413. The van der Waals surface area contributed by atoms with E-state index in [1.54, 1.807) is 6.92 Å². The van der Waals surface area contributed by atoms with Gasteiger partial charge in [-0.05, 0) is 19.3 Å². The van der Waals surface area contributed by atoms with Gasteiger partial charge in [0.2, 0.25) is 0 Å². The molecule has 0 saturated heterocycles. The number of hydrogen-bond acceptors (Lipinski definition) is 2. The Kier molecular flexibility index (Phi) is 6.44. The van der Waals surface area contributed by atoms with Gasteiger partial charge in [0.15, 0.2) is 0 Å². The van der Waals surface area contributed by atoms with Crippen molar-refractivity contribution in [3.05, 3.63) is 12.2 Å². The van der Waals surface area contributed by atoms with Crippen molar-refractivity contribution in [2.45, 2.75) is 33.6 Å². The quantitative estimate of drug-likeness (QED) is 0.468. The molecule has 2 nitrogen and oxygen atoms in total. The van der Waals surface area contributed by atoms with Crippen molar-refractivity contribution in [1.29, 1.82) is 0 Å². The zero-order valence-corrected chi connectivity index (χ0v) is 8.17. The molecule has 0 aromatic carbocycles. The predicted octanol–water partition coefficient (Wildman–Crippen LogP) is 2.54. The fourth-order valence-electron chi connectivity index (χ4n) is 0.754. The summed E-state index contributed by atoms with van der Waals surface area (Å²) in [5.41, 5.74) is 0. The van der Waals surface area contributed by atoms with Crippen LogP contribution in [0.25, 0.3) is 0 Å². The molecule has 70 valence electrons. The van der Waals surface area contributed by atoms with Crippen LogP contribution in [0.4, 0.5) is 0 Å². The summed E-state index contributed by atoms with van der Waals surface area (Å²) in [6, 6.07) is 0. The van der Waals surface area contributed by atoms with Crippen molar-refractivity contribution >= 4 is 5.97 Å². The molecule has 0 aliphatic carbocycles. The van der Waals surface area contributed by atoms with Gasteiger partial charge < -0.3 is 4.74 Å². The second-order valence-corrected chi connectivity index (χ2v) is 2.90. The normalized spacial score (nSPS) is 13.2. The zero-order chi connectivity index (χ0) is 9.40. The lowest BCUT2D eigenvalue weighted by Gasteiger charge is -2.01. The lowest BCUT2D eigenvalue weighted by atomic mass is 10.1. The highest BCUT2D eigenvalue weighted by atomic mass is 16.5. The highest BCUT2D eigenvalue weighted by molar-refractivity contribution is 5.81. The molecule has 0 N–H and O–H groups in total. The molecule has 1 atom stereocenters. The number of carbonyl (C=O) groups excluding carboxylic acids is 1. The van der Waals surface area contributed by atoms with E-state index in [1.165, 1.54) is 6.08 Å². The molecular formula is C10H18O2. The first kappa shape index (κ1) is 11.2. The van der Waals surface area contributed by atoms with E-state index in [-0.39, 0.29) is 5.97 Å². The van der Waals surface area contributed by atoms with E-state index in [4.69, 9.17) is 4.74 Å². The van der Waals surface area contributed by atoms with Crippen molar-refractivity contribution in [3.63, 3.8) is 0 Å². The molecule has 2 heteroatoms. The van der Waals surface area contributed by atoms with E-state index in [0.29, 0.717) is 12.5 Å². The maximum absolute atomic E-state index is 10.8. The first-order chi connectivity index (χ1) is 5.70. The molecule has 0 bridgehead atoms. The Hall–Kier alpha value is -0.790. The Balaban J connectivity index is 3.54. The summed E-state index contributed by atoms with van der Waals surface area (Å²) in [7, 11) is 0. The van der Waals surface area contributed by atoms with Crippen molar-refractivity contribution in [1.82, 2.24) is 0 Å². The molecule has 0 spiro atoms. The van der Waals surface area contributed by atoms with E-state index < -0.39 is 0 Å². The topological polar surface area (TPSA) is 26.3 Å². The largest absolute Gasteiger partial charge is 0.463 e. The Morgan fingerprint density at radius 1 is 1.50 bits per heavy atom. The number of esters is 1. The highest BCUT2D eigenvalue weighted by Crippen LogP contribution is 2.06. The minimum absolute atomic E-state index is 0.235. The van der Waals surface area contributed by atoms with Gasteiger partial charge in [-0.3, -0.25) is 0 Å². The second kappa shape index (κ2) is 6.89. The van der Waals surface area contributed by atoms with E-state index in [9.17, 15) is 4.79 Å². The molecule has 0 aliphatic rings. The van der Waals surface area contributed by atoms with Crippen LogP contribution >= 0.6 is 0 Å². The SMILES string of the molecule is CCOC(=O)C=CCC(C)CC. The summed E-state index contributed by atoms with van der Waals surface area (Å²) in [5, 5.41) is 0. The van der Waals surface area contributed by atoms with Crippen molar-refractivity contribution in [2.24, 2.45) is 5.92 Å². The van der Waals surface area contributed by atoms with E-state index in [1.807, 2.05) is 6.08 Å². The number of hydrogen-bond donors (Lipinski definition) is 0. The number of carbonyl (C=O) groups is 1. The third-order valence-electron chi connectivity index (χ3n) is 1.78. The second-order valence-electron chi connectivity index (χ2n) is 2.90. The Morgan fingerprint density at radius 3 is 2.67 bits per heavy atom. The van der Waals surface area contributed by atoms with Crippen LogP contribution < -0.4 is 0 Å². The van der Waals surface area contributed by atoms with Gasteiger partial charge in [-0.25, -0.2) is 4.79 Å². The zero-order valence-electron chi connectivity index (χ0n) is 8.17. The molecule has 0 aromatic heterocycles. The highest BCUT2D eigenvalue weighted by Gasteiger charge is 1.96. The molecule has 0 aliphatic heterocycles. The average Bonchev–Trinajstić information content (AvgIpc) is 2.04. The summed E-state index contributed by atoms with van der Waals surface area (Å²) >= 11 is 0. The molecule has 1 unspecified atom stereocenters. The lowest BCUT2D eigenvalue weighted by Crippen LogP contribution is -1.99. The van der Waals surface area contributed by atoms with E-state index in [2.05, 4.69) is 13.8 Å². The van der Waals surface area contributed by atoms with Crippen molar-refractivity contribution in [2.75, 3.05) is 6.61 Å². The Bertz CT molecular complexity index is 150. The van der Waals surface area contributed by atoms with Gasteiger partial charge in [0.25, 0.3) is 0 Å². The minimum atomic E-state index is -0.235. The third-order valence-corrected chi connectivity index (χ3v) is 1.78. The Morgan fingerprint density at radius 2 is 2.17 bits per heavy atom. The fourth-order valence-corrected chi connectivity index (χ4v) is 0.754. The van der Waals surface area contributed by atoms with Gasteiger partial charge in [0.1, 0.15) is 0 Å². The van der Waals surface area contributed by atoms with Crippen molar-refractivity contribution < 1.29 is 9.53 Å². The average molecular weight is 170 g/mol. The van der Waals surface area contributed by atoms with Gasteiger partial charge in [0.05, 0.1) is 6.61 Å². The first-order valence-corrected chi connectivity index (χ1v) is 4.54. The first-order valence-electron chi connectivity index (χ1n) is 4.54. The summed E-state index contributed by atoms with van der Waals surface area (Å²) in [6.07, 6.45) is 5.49. The minimum Gasteiger partial charge on any atom is -0.463 e. The fraction of sp³-hybridized carbons (Fsp3) is 0.700. The molecule has 0 amide bonds. The van der Waals surface area contributed by atoms with Crippen molar-refractivity contribution in [3.8, 4) is 0 Å². The van der Waals surface area contributed by atoms with E-state index in [0.717, 1.165) is 12.8 Å². The van der Waals surface area contributed by atoms with Crippen LogP contribution in [-0.2, 0) is 9.53 Å². The summed E-state index contributed by atoms with van der Waals surface area (Å²) < 4.78 is 4.73. The molecule has 0 radical (unpaired) electrons. The van der Waals surface area contributed by atoms with Crippen LogP contribution in [0.5, 0.6) is 0 Å². The van der Waals surface area contributed by atoms with Crippen LogP contribution in [0.3, 0.4) is 0 Å². The molecule has 0 fully saturated rings. The van der Waals surface area contributed by atoms with Gasteiger partial charge >= 0.3 is 5.97 Å². The molecular weight excluding hydrogens is 152 g/mol. The maximum atomic E-state index is 10.8.